The number of allylic oxidation sites excluding steroid dienone is 1. The Balaban J connectivity index is 1.40. The molecular weight excluding hydrogens is 407 g/mol. The molecule has 1 aliphatic carbocycles. The summed E-state index contributed by atoms with van der Waals surface area (Å²) >= 11 is 0. The predicted molar refractivity (Wildman–Crippen MR) is 119 cm³/mol. The molecule has 0 amide bonds. The van der Waals surface area contributed by atoms with Crippen molar-refractivity contribution in [2.45, 2.75) is 0 Å². The minimum atomic E-state index is -0.319. The van der Waals surface area contributed by atoms with Gasteiger partial charge in [-0.15, -0.1) is 0 Å². The van der Waals surface area contributed by atoms with Crippen LogP contribution in [0.15, 0.2) is 76.7 Å². The summed E-state index contributed by atoms with van der Waals surface area (Å²) in [5.41, 5.74) is 2.73. The number of carbonyl (C=O) groups is 2. The monoisotopic (exact) mass is 422 g/mol. The first-order chi connectivity index (χ1) is 15.5. The van der Waals surface area contributed by atoms with E-state index in [1.54, 1.807) is 30.3 Å². The van der Waals surface area contributed by atoms with E-state index in [0.29, 0.717) is 33.9 Å². The van der Waals surface area contributed by atoms with E-state index in [1.165, 1.54) is 18.2 Å². The molecule has 0 saturated carbocycles. The maximum atomic E-state index is 13.2. The lowest BCUT2D eigenvalue weighted by Crippen LogP contribution is -1.99. The van der Waals surface area contributed by atoms with Crippen LogP contribution in [0.4, 0.5) is 4.39 Å². The molecule has 2 aromatic heterocycles. The average Bonchev–Trinajstić information content (AvgIpc) is 3.41. The van der Waals surface area contributed by atoms with Crippen molar-refractivity contribution < 1.29 is 18.4 Å². The highest BCUT2D eigenvalue weighted by Crippen LogP contribution is 2.33. The van der Waals surface area contributed by atoms with Gasteiger partial charge < -0.3 is 8.98 Å². The zero-order valence-electron chi connectivity index (χ0n) is 16.9. The first kappa shape index (κ1) is 18.4. The number of fused-ring (bicyclic) bond motifs is 3. The van der Waals surface area contributed by atoms with Crippen LogP contribution in [0.3, 0.4) is 0 Å². The van der Waals surface area contributed by atoms with Gasteiger partial charge in [0.05, 0.1) is 5.57 Å². The number of ketones is 2. The largest absolute Gasteiger partial charge is 0.437 e. The zero-order valence-corrected chi connectivity index (χ0v) is 16.9. The Morgan fingerprint density at radius 2 is 1.53 bits per heavy atom. The minimum absolute atomic E-state index is 0.0770. The third kappa shape index (κ3) is 2.66. The van der Waals surface area contributed by atoms with E-state index in [0.717, 1.165) is 16.3 Å². The van der Waals surface area contributed by atoms with Crippen LogP contribution in [0.5, 0.6) is 0 Å². The van der Waals surface area contributed by atoms with Gasteiger partial charge >= 0.3 is 0 Å². The lowest BCUT2D eigenvalue weighted by atomic mass is 10.0. The molecule has 6 heteroatoms. The Morgan fingerprint density at radius 3 is 2.12 bits per heavy atom. The number of carbonyl (C=O) groups excluding carboxylic acids is 2. The van der Waals surface area contributed by atoms with Crippen molar-refractivity contribution in [3.63, 3.8) is 0 Å². The second kappa shape index (κ2) is 6.59. The van der Waals surface area contributed by atoms with E-state index in [4.69, 9.17) is 4.42 Å². The molecule has 5 aromatic rings. The first-order valence-electron chi connectivity index (χ1n) is 10.1. The van der Waals surface area contributed by atoms with E-state index >= 15 is 0 Å². The molecule has 0 unspecified atom stereocenters. The topological polar surface area (TPSA) is 65.1 Å². The summed E-state index contributed by atoms with van der Waals surface area (Å²) in [4.78, 5) is 30.4. The summed E-state index contributed by atoms with van der Waals surface area (Å²) in [6, 6.07) is 18.9. The lowest BCUT2D eigenvalue weighted by Gasteiger charge is -2.01. The van der Waals surface area contributed by atoms with Crippen LogP contribution in [0.1, 0.15) is 26.5 Å². The molecule has 0 spiro atoms. The minimum Gasteiger partial charge on any atom is -0.437 e. The van der Waals surface area contributed by atoms with Gasteiger partial charge in [0.1, 0.15) is 22.9 Å². The van der Waals surface area contributed by atoms with Crippen molar-refractivity contribution in [3.8, 4) is 11.4 Å². The molecule has 5 nitrogen and oxygen atoms in total. The SMILES string of the molecule is Cn1c(-c2ccc(F)cc2)nc2oc(C=C3C(=O)c4cc5ccccc5cc4C3=O)cc21. The number of aryl methyl sites for hydroxylation is 1. The normalized spacial score (nSPS) is 13.4. The molecule has 0 atom stereocenters. The highest BCUT2D eigenvalue weighted by Gasteiger charge is 2.33. The summed E-state index contributed by atoms with van der Waals surface area (Å²) in [6.07, 6.45) is 1.48. The molecule has 0 saturated heterocycles. The molecule has 2 heterocycles. The molecule has 0 bridgehead atoms. The molecule has 0 aliphatic heterocycles. The number of aromatic nitrogens is 2. The van der Waals surface area contributed by atoms with Crippen LogP contribution in [0.25, 0.3) is 39.5 Å². The van der Waals surface area contributed by atoms with Gasteiger partial charge in [-0.05, 0) is 53.2 Å². The summed E-state index contributed by atoms with van der Waals surface area (Å²) in [6.45, 7) is 0. The molecule has 0 radical (unpaired) electrons. The van der Waals surface area contributed by atoms with Crippen LogP contribution in [-0.4, -0.2) is 21.1 Å². The summed E-state index contributed by atoms with van der Waals surface area (Å²) in [5, 5.41) is 1.82. The number of nitrogens with zero attached hydrogens (tertiary/aromatic N) is 2. The van der Waals surface area contributed by atoms with Crippen molar-refractivity contribution in [2.24, 2.45) is 7.05 Å². The highest BCUT2D eigenvalue weighted by atomic mass is 19.1. The Labute approximate surface area is 181 Å². The molecule has 1 aliphatic rings. The van der Waals surface area contributed by atoms with Gasteiger partial charge in [0.25, 0.3) is 0 Å². The van der Waals surface area contributed by atoms with E-state index in [1.807, 2.05) is 35.9 Å². The number of imidazole rings is 1. The van der Waals surface area contributed by atoms with Crippen LogP contribution < -0.4 is 0 Å². The van der Waals surface area contributed by atoms with Gasteiger partial charge in [0.2, 0.25) is 5.71 Å². The molecule has 3 aromatic carbocycles. The molecule has 154 valence electrons. The number of furan rings is 1. The van der Waals surface area contributed by atoms with Crippen molar-refractivity contribution >= 4 is 39.6 Å². The second-order valence-electron chi connectivity index (χ2n) is 7.80. The second-order valence-corrected chi connectivity index (χ2v) is 7.80. The quantitative estimate of drug-likeness (QED) is 0.275. The van der Waals surface area contributed by atoms with Crippen molar-refractivity contribution in [2.75, 3.05) is 0 Å². The van der Waals surface area contributed by atoms with Crippen LogP contribution in [-0.2, 0) is 7.05 Å². The van der Waals surface area contributed by atoms with E-state index in [-0.39, 0.29) is 23.0 Å². The lowest BCUT2D eigenvalue weighted by molar-refractivity contribution is 0.0990. The van der Waals surface area contributed by atoms with Crippen LogP contribution in [0.2, 0.25) is 0 Å². The molecule has 0 fully saturated rings. The predicted octanol–water partition coefficient (Wildman–Crippen LogP) is 5.59. The van der Waals surface area contributed by atoms with Crippen LogP contribution >= 0.6 is 0 Å². The van der Waals surface area contributed by atoms with Gasteiger partial charge in [-0.2, -0.15) is 4.98 Å². The van der Waals surface area contributed by atoms with Crippen molar-refractivity contribution in [3.05, 3.63) is 95.0 Å². The zero-order chi connectivity index (χ0) is 22.0. The van der Waals surface area contributed by atoms with Gasteiger partial charge in [0.15, 0.2) is 11.6 Å². The fourth-order valence-corrected chi connectivity index (χ4v) is 4.21. The Kier molecular flexibility index (Phi) is 3.80. The van der Waals surface area contributed by atoms with Gasteiger partial charge in [0, 0.05) is 29.8 Å². The third-order valence-corrected chi connectivity index (χ3v) is 5.85. The van der Waals surface area contributed by atoms with Gasteiger partial charge in [-0.1, -0.05) is 24.3 Å². The highest BCUT2D eigenvalue weighted by molar-refractivity contribution is 6.42. The Morgan fingerprint density at radius 1 is 0.906 bits per heavy atom. The molecule has 6 rings (SSSR count). The number of rotatable bonds is 2. The molecular formula is C26H15FN2O3. The Bertz CT molecular complexity index is 1560. The van der Waals surface area contributed by atoms with Crippen LogP contribution in [0, 0.1) is 5.82 Å². The van der Waals surface area contributed by atoms with E-state index < -0.39 is 0 Å². The summed E-state index contributed by atoms with van der Waals surface area (Å²) in [5.74, 6) is 0.0653. The van der Waals surface area contributed by atoms with Gasteiger partial charge in [-0.25, -0.2) is 4.39 Å². The molecule has 0 N–H and O–H groups in total. The smallest absolute Gasteiger partial charge is 0.245 e. The average molecular weight is 422 g/mol. The third-order valence-electron chi connectivity index (χ3n) is 5.85. The number of hydrogen-bond acceptors (Lipinski definition) is 4. The number of benzene rings is 3. The standard InChI is InChI=1S/C26H15FN2O3/c1-29-22-13-18(32-26(22)28-25(29)14-6-8-17(27)9-7-14)12-21-23(30)19-10-15-4-2-3-5-16(15)11-20(19)24(21)31/h2-13H,1H3. The maximum Gasteiger partial charge on any atom is 0.245 e. The number of hydrogen-bond donors (Lipinski definition) is 0. The maximum absolute atomic E-state index is 13.2. The summed E-state index contributed by atoms with van der Waals surface area (Å²) < 4.78 is 20.9. The molecule has 32 heavy (non-hydrogen) atoms. The number of Topliss-reactive ketones (excluding diaryl/α,β-unsaturated/α-hetero) is 2. The fraction of sp³-hybridized carbons (Fsp3) is 0.0385. The van der Waals surface area contributed by atoms with Gasteiger partial charge in [-0.3, -0.25) is 9.59 Å². The van der Waals surface area contributed by atoms with E-state index in [9.17, 15) is 14.0 Å². The first-order valence-corrected chi connectivity index (χ1v) is 10.1. The Hall–Kier alpha value is -4.32. The van der Waals surface area contributed by atoms with Crippen molar-refractivity contribution in [1.82, 2.24) is 9.55 Å². The van der Waals surface area contributed by atoms with E-state index in [2.05, 4.69) is 4.98 Å². The fourth-order valence-electron chi connectivity index (χ4n) is 4.21. The van der Waals surface area contributed by atoms with Crippen molar-refractivity contribution in [1.29, 1.82) is 0 Å². The summed E-state index contributed by atoms with van der Waals surface area (Å²) in [7, 11) is 1.83. The number of halogens is 1.